The van der Waals surface area contributed by atoms with Gasteiger partial charge in [-0.15, -0.1) is 0 Å². The van der Waals surface area contributed by atoms with Crippen LogP contribution in [-0.2, 0) is 4.79 Å². The lowest BCUT2D eigenvalue weighted by molar-refractivity contribution is -0.148. The normalized spacial score (nSPS) is 32.4. The average Bonchev–Trinajstić information content (AvgIpc) is 3.06. The molecule has 2 rings (SSSR count). The summed E-state index contributed by atoms with van der Waals surface area (Å²) in [6.45, 7) is 2.89. The molecular weight excluding hydrogens is 288 g/mol. The Labute approximate surface area is 130 Å². The van der Waals surface area contributed by atoms with Crippen molar-refractivity contribution in [2.45, 2.75) is 56.7 Å². The zero-order valence-electron chi connectivity index (χ0n) is 12.9. The molecule has 120 valence electrons. The van der Waals surface area contributed by atoms with E-state index in [1.807, 2.05) is 18.7 Å². The molecule has 1 aliphatic heterocycles. The Morgan fingerprint density at radius 1 is 1.43 bits per heavy atom. The van der Waals surface area contributed by atoms with Crippen LogP contribution < -0.4 is 5.32 Å². The second-order valence-corrected chi connectivity index (χ2v) is 7.46. The van der Waals surface area contributed by atoms with Crippen LogP contribution in [0.15, 0.2) is 0 Å². The molecule has 2 N–H and O–H groups in total. The third-order valence-electron chi connectivity index (χ3n) is 4.87. The first-order valence-corrected chi connectivity index (χ1v) is 9.11. The number of carboxylic acids is 1. The third kappa shape index (κ3) is 3.65. The number of hydrogen-bond acceptors (Lipinski definition) is 3. The Bertz CT molecular complexity index is 404. The van der Waals surface area contributed by atoms with Gasteiger partial charge in [-0.3, -0.25) is 4.79 Å². The van der Waals surface area contributed by atoms with Crippen molar-refractivity contribution in [2.75, 3.05) is 19.3 Å². The van der Waals surface area contributed by atoms with Crippen LogP contribution in [0.5, 0.6) is 0 Å². The summed E-state index contributed by atoms with van der Waals surface area (Å²) in [6, 6.07) is 0.168. The zero-order valence-corrected chi connectivity index (χ0v) is 13.7. The molecule has 21 heavy (non-hydrogen) atoms. The largest absolute Gasteiger partial charge is 0.481 e. The van der Waals surface area contributed by atoms with Crippen LogP contribution in [0.3, 0.4) is 0 Å². The number of carbonyl (C=O) groups excluding carboxylic acids is 1. The van der Waals surface area contributed by atoms with Gasteiger partial charge in [0.05, 0.1) is 5.41 Å². The van der Waals surface area contributed by atoms with Crippen LogP contribution >= 0.6 is 11.8 Å². The predicted octanol–water partition coefficient (Wildman–Crippen LogP) is 2.56. The molecule has 3 unspecified atom stereocenters. The first kappa shape index (κ1) is 16.5. The number of aliphatic carboxylic acids is 1. The molecule has 2 amide bonds. The van der Waals surface area contributed by atoms with E-state index in [2.05, 4.69) is 11.6 Å². The highest BCUT2D eigenvalue weighted by molar-refractivity contribution is 7.99. The third-order valence-corrected chi connectivity index (χ3v) is 5.96. The van der Waals surface area contributed by atoms with Crippen LogP contribution in [0.25, 0.3) is 0 Å². The molecule has 6 heteroatoms. The summed E-state index contributed by atoms with van der Waals surface area (Å²) in [4.78, 5) is 25.6. The molecule has 2 fully saturated rings. The smallest absolute Gasteiger partial charge is 0.317 e. The fourth-order valence-corrected chi connectivity index (χ4v) is 4.36. The van der Waals surface area contributed by atoms with Crippen LogP contribution in [0, 0.1) is 5.41 Å². The lowest BCUT2D eigenvalue weighted by Crippen LogP contribution is -2.45. The minimum atomic E-state index is -0.761. The maximum atomic E-state index is 12.3. The maximum Gasteiger partial charge on any atom is 0.317 e. The van der Waals surface area contributed by atoms with E-state index >= 15 is 0 Å². The number of hydrogen-bond donors (Lipinski definition) is 2. The van der Waals surface area contributed by atoms with E-state index in [9.17, 15) is 14.7 Å². The van der Waals surface area contributed by atoms with E-state index in [0.717, 1.165) is 25.7 Å². The van der Waals surface area contributed by atoms with Crippen molar-refractivity contribution in [2.24, 2.45) is 5.41 Å². The van der Waals surface area contributed by atoms with Gasteiger partial charge in [-0.05, 0) is 38.4 Å². The molecule has 0 aromatic carbocycles. The van der Waals surface area contributed by atoms with Gasteiger partial charge in [-0.2, -0.15) is 11.8 Å². The quantitative estimate of drug-likeness (QED) is 0.818. The standard InChI is InChI=1S/C15H26N2O3S/c1-3-6-15(13(18)19)7-8-17(10-15)14(20)16-11-4-5-12(9-11)21-2/h11-12H,3-10H2,1-2H3,(H,16,20)(H,18,19). The minimum Gasteiger partial charge on any atom is -0.481 e. The second kappa shape index (κ2) is 6.90. The number of rotatable bonds is 5. The average molecular weight is 314 g/mol. The van der Waals surface area contributed by atoms with Gasteiger partial charge < -0.3 is 15.3 Å². The highest BCUT2D eigenvalue weighted by Crippen LogP contribution is 2.36. The summed E-state index contributed by atoms with van der Waals surface area (Å²) >= 11 is 1.86. The molecule has 0 radical (unpaired) electrons. The monoisotopic (exact) mass is 314 g/mol. The lowest BCUT2D eigenvalue weighted by atomic mass is 9.83. The topological polar surface area (TPSA) is 69.6 Å². The van der Waals surface area contributed by atoms with E-state index in [0.29, 0.717) is 31.2 Å². The molecule has 2 aliphatic rings. The zero-order chi connectivity index (χ0) is 15.5. The number of likely N-dealkylation sites (tertiary alicyclic amines) is 1. The Morgan fingerprint density at radius 2 is 2.19 bits per heavy atom. The van der Waals surface area contributed by atoms with Gasteiger partial charge in [0.15, 0.2) is 0 Å². The van der Waals surface area contributed by atoms with Gasteiger partial charge in [0.2, 0.25) is 0 Å². The summed E-state index contributed by atoms with van der Waals surface area (Å²) in [5.74, 6) is -0.761. The Hall–Kier alpha value is -0.910. The SMILES string of the molecule is CCCC1(C(=O)O)CCN(C(=O)NC2CCC(SC)C2)C1. The number of carboxylic acid groups (broad SMARTS) is 1. The highest BCUT2D eigenvalue weighted by Gasteiger charge is 2.45. The molecule has 1 aliphatic carbocycles. The predicted molar refractivity (Wildman–Crippen MR) is 84.6 cm³/mol. The summed E-state index contributed by atoms with van der Waals surface area (Å²) in [7, 11) is 0. The van der Waals surface area contributed by atoms with Gasteiger partial charge in [0.25, 0.3) is 0 Å². The van der Waals surface area contributed by atoms with Crippen LogP contribution in [0.4, 0.5) is 4.79 Å². The molecule has 1 heterocycles. The minimum absolute atomic E-state index is 0.0824. The molecule has 0 bridgehead atoms. The summed E-state index contributed by atoms with van der Waals surface area (Å²) in [5.41, 5.74) is -0.733. The second-order valence-electron chi connectivity index (χ2n) is 6.32. The van der Waals surface area contributed by atoms with Gasteiger partial charge in [0, 0.05) is 24.4 Å². The number of thioether (sulfide) groups is 1. The fourth-order valence-electron chi connectivity index (χ4n) is 3.56. The highest BCUT2D eigenvalue weighted by atomic mass is 32.2. The Morgan fingerprint density at radius 3 is 2.76 bits per heavy atom. The molecule has 5 nitrogen and oxygen atoms in total. The molecule has 0 spiro atoms. The van der Waals surface area contributed by atoms with Crippen molar-refractivity contribution >= 4 is 23.8 Å². The first-order chi connectivity index (χ1) is 10.0. The van der Waals surface area contributed by atoms with Crippen molar-refractivity contribution < 1.29 is 14.7 Å². The fraction of sp³-hybridized carbons (Fsp3) is 0.867. The Kier molecular flexibility index (Phi) is 5.41. The maximum absolute atomic E-state index is 12.3. The molecule has 0 aromatic heterocycles. The van der Waals surface area contributed by atoms with E-state index in [1.165, 1.54) is 0 Å². The number of urea groups is 1. The number of amides is 2. The summed E-state index contributed by atoms with van der Waals surface area (Å²) < 4.78 is 0. The number of carbonyl (C=O) groups is 2. The van der Waals surface area contributed by atoms with Crippen LogP contribution in [-0.4, -0.2) is 52.6 Å². The van der Waals surface area contributed by atoms with Gasteiger partial charge in [-0.25, -0.2) is 4.79 Å². The lowest BCUT2D eigenvalue weighted by Gasteiger charge is -2.25. The Balaban J connectivity index is 1.88. The molecular formula is C15H26N2O3S. The van der Waals surface area contributed by atoms with Crippen molar-refractivity contribution in [3.8, 4) is 0 Å². The van der Waals surface area contributed by atoms with E-state index < -0.39 is 11.4 Å². The molecule has 3 atom stereocenters. The summed E-state index contributed by atoms with van der Waals surface area (Å²) in [5, 5.41) is 13.2. The van der Waals surface area contributed by atoms with Crippen LogP contribution in [0.2, 0.25) is 0 Å². The van der Waals surface area contributed by atoms with Crippen LogP contribution in [0.1, 0.15) is 45.4 Å². The molecule has 0 aromatic rings. The van der Waals surface area contributed by atoms with Gasteiger partial charge in [0.1, 0.15) is 0 Å². The van der Waals surface area contributed by atoms with Crippen molar-refractivity contribution in [3.63, 3.8) is 0 Å². The van der Waals surface area contributed by atoms with E-state index in [-0.39, 0.29) is 12.1 Å². The van der Waals surface area contributed by atoms with Crippen molar-refractivity contribution in [1.29, 1.82) is 0 Å². The molecule has 1 saturated heterocycles. The van der Waals surface area contributed by atoms with E-state index in [1.54, 1.807) is 4.90 Å². The number of nitrogens with zero attached hydrogens (tertiary/aromatic N) is 1. The number of nitrogens with one attached hydrogen (secondary N) is 1. The van der Waals surface area contributed by atoms with Crippen molar-refractivity contribution in [3.05, 3.63) is 0 Å². The van der Waals surface area contributed by atoms with Gasteiger partial charge >= 0.3 is 12.0 Å². The first-order valence-electron chi connectivity index (χ1n) is 7.82. The van der Waals surface area contributed by atoms with E-state index in [4.69, 9.17) is 0 Å². The van der Waals surface area contributed by atoms with Gasteiger partial charge in [-0.1, -0.05) is 13.3 Å². The summed E-state index contributed by atoms with van der Waals surface area (Å²) in [6.07, 6.45) is 7.37. The van der Waals surface area contributed by atoms with Crippen molar-refractivity contribution in [1.82, 2.24) is 10.2 Å². The molecule has 1 saturated carbocycles.